The molecule has 4 atom stereocenters. The van der Waals surface area contributed by atoms with Crippen LogP contribution in [0.4, 0.5) is 5.82 Å². The number of hydrogen-bond acceptors (Lipinski definition) is 7. The summed E-state index contributed by atoms with van der Waals surface area (Å²) >= 11 is 0.230. The predicted molar refractivity (Wildman–Crippen MR) is 82.4 cm³/mol. The van der Waals surface area contributed by atoms with E-state index in [0.29, 0.717) is 16.9 Å². The zero-order valence-electron chi connectivity index (χ0n) is 12.4. The Morgan fingerprint density at radius 3 is 2.59 bits per heavy atom. The summed E-state index contributed by atoms with van der Waals surface area (Å²) in [6.07, 6.45) is -0.975. The Hall–Kier alpha value is -0.941. The summed E-state index contributed by atoms with van der Waals surface area (Å²) in [6, 6.07) is 1.71. The Labute approximate surface area is 138 Å². The minimum atomic E-state index is -1.15. The van der Waals surface area contributed by atoms with Crippen LogP contribution >= 0.6 is 0 Å². The van der Waals surface area contributed by atoms with Gasteiger partial charge in [0.25, 0.3) is 0 Å². The second kappa shape index (κ2) is 7.55. The Kier molecular flexibility index (Phi) is 5.98. The van der Waals surface area contributed by atoms with Crippen LogP contribution in [0.1, 0.15) is 6.23 Å². The number of aliphatic hydroxyl groups excluding tert-OH is 3. The van der Waals surface area contributed by atoms with Crippen molar-refractivity contribution in [3.63, 3.8) is 0 Å². The second-order valence-corrected chi connectivity index (χ2v) is 7.80. The predicted octanol–water partition coefficient (Wildman–Crippen LogP) is -0.588. The summed E-state index contributed by atoms with van der Waals surface area (Å²) in [5.74, 6) is 0.329. The number of nitrogens with zero attached hydrogens (tertiary/aromatic N) is 3. The van der Waals surface area contributed by atoms with Crippen molar-refractivity contribution in [3.05, 3.63) is 18.6 Å². The normalized spacial score (nSPS) is 27.7. The molecule has 3 heterocycles. The third-order valence-corrected chi connectivity index (χ3v) is 3.33. The van der Waals surface area contributed by atoms with Crippen LogP contribution in [-0.2, 0) is 4.74 Å². The third-order valence-electron chi connectivity index (χ3n) is 3.33. The number of aromatic nitrogens is 3. The first-order valence-electron chi connectivity index (χ1n) is 6.83. The molecule has 0 aliphatic carbocycles. The fourth-order valence-electron chi connectivity index (χ4n) is 2.31. The standard InChI is InChI=1S/C11H14N4O4.2CH3.Sn/c12-9-5-1-2-15(10(5)14-4-13-9)11-8(18)7(17)6(3-16)19-11;;;/h1-2,4,6-8,11,16-18H,3H2,(H2,12,13,14);2*1H3;. The molecule has 0 spiro atoms. The fourth-order valence-corrected chi connectivity index (χ4v) is 2.31. The van der Waals surface area contributed by atoms with Gasteiger partial charge in [-0.1, -0.05) is 0 Å². The average molecular weight is 415 g/mol. The molecule has 3 rings (SSSR count). The topological polar surface area (TPSA) is 127 Å². The van der Waals surface area contributed by atoms with Crippen LogP contribution in [0, 0.1) is 0 Å². The summed E-state index contributed by atoms with van der Waals surface area (Å²) in [5.41, 5.74) is 6.23. The van der Waals surface area contributed by atoms with Crippen LogP contribution in [0.25, 0.3) is 11.0 Å². The van der Waals surface area contributed by atoms with E-state index < -0.39 is 24.5 Å². The molecule has 22 heavy (non-hydrogen) atoms. The van der Waals surface area contributed by atoms with Gasteiger partial charge in [-0.2, -0.15) is 0 Å². The molecule has 0 saturated carbocycles. The van der Waals surface area contributed by atoms with E-state index in [0.717, 1.165) is 0 Å². The first-order valence-corrected chi connectivity index (χ1v) is 12.5. The van der Waals surface area contributed by atoms with Crippen LogP contribution in [-0.4, -0.2) is 75.9 Å². The van der Waals surface area contributed by atoms with Crippen molar-refractivity contribution in [3.8, 4) is 0 Å². The molecular formula is C13H20N4O4Sn. The van der Waals surface area contributed by atoms with Crippen molar-refractivity contribution in [2.45, 2.75) is 34.4 Å². The quantitative estimate of drug-likeness (QED) is 0.484. The van der Waals surface area contributed by atoms with Crippen molar-refractivity contribution in [2.24, 2.45) is 0 Å². The Morgan fingerprint density at radius 1 is 1.32 bits per heavy atom. The molecule has 1 aliphatic heterocycles. The van der Waals surface area contributed by atoms with Gasteiger partial charge in [-0.25, -0.2) is 9.97 Å². The number of hydrogen-bond donors (Lipinski definition) is 4. The van der Waals surface area contributed by atoms with Gasteiger partial charge in [-0.05, 0) is 6.07 Å². The van der Waals surface area contributed by atoms with Gasteiger partial charge in [0.1, 0.15) is 36.1 Å². The SMILES string of the molecule is Nc1ncnc2c1ccn2C1OC(CO)C(O)C1O.[CH3][Sn][CH3]. The van der Waals surface area contributed by atoms with Gasteiger partial charge >= 0.3 is 31.0 Å². The van der Waals surface area contributed by atoms with Crippen LogP contribution in [0.2, 0.25) is 9.88 Å². The molecule has 1 aliphatic rings. The van der Waals surface area contributed by atoms with Gasteiger partial charge in [-0.3, -0.25) is 0 Å². The van der Waals surface area contributed by atoms with E-state index in [4.69, 9.17) is 15.6 Å². The van der Waals surface area contributed by atoms with Crippen LogP contribution in [0.3, 0.4) is 0 Å². The molecule has 1 fully saturated rings. The van der Waals surface area contributed by atoms with E-state index in [1.165, 1.54) is 6.33 Å². The molecule has 5 N–H and O–H groups in total. The molecule has 2 radical (unpaired) electrons. The number of aliphatic hydroxyl groups is 3. The molecular weight excluding hydrogens is 395 g/mol. The number of nitrogen functional groups attached to an aromatic ring is 1. The number of nitrogens with two attached hydrogens (primary N) is 1. The molecule has 0 aromatic carbocycles. The van der Waals surface area contributed by atoms with Crippen molar-refractivity contribution in [1.29, 1.82) is 0 Å². The molecule has 4 unspecified atom stereocenters. The Morgan fingerprint density at radius 2 is 2.00 bits per heavy atom. The Bertz CT molecular complexity index is 623. The van der Waals surface area contributed by atoms with E-state index in [-0.39, 0.29) is 27.7 Å². The van der Waals surface area contributed by atoms with Crippen LogP contribution in [0.5, 0.6) is 0 Å². The second-order valence-electron chi connectivity index (χ2n) is 4.95. The van der Waals surface area contributed by atoms with Crippen molar-refractivity contribution < 1.29 is 20.1 Å². The molecule has 8 nitrogen and oxygen atoms in total. The van der Waals surface area contributed by atoms with Gasteiger partial charge in [0, 0.05) is 6.20 Å². The molecule has 2 aromatic heterocycles. The van der Waals surface area contributed by atoms with Gasteiger partial charge in [0.2, 0.25) is 0 Å². The van der Waals surface area contributed by atoms with Crippen LogP contribution in [0.15, 0.2) is 18.6 Å². The number of fused-ring (bicyclic) bond motifs is 1. The van der Waals surface area contributed by atoms with E-state index in [9.17, 15) is 10.2 Å². The van der Waals surface area contributed by atoms with Crippen LogP contribution < -0.4 is 5.73 Å². The molecule has 2 aromatic rings. The first-order chi connectivity index (χ1) is 10.5. The molecule has 0 amide bonds. The summed E-state index contributed by atoms with van der Waals surface area (Å²) in [4.78, 5) is 12.6. The van der Waals surface area contributed by atoms with Crippen molar-refractivity contribution in [2.75, 3.05) is 12.3 Å². The van der Waals surface area contributed by atoms with E-state index >= 15 is 0 Å². The van der Waals surface area contributed by atoms with E-state index in [2.05, 4.69) is 19.8 Å². The van der Waals surface area contributed by atoms with E-state index in [1.54, 1.807) is 16.8 Å². The van der Waals surface area contributed by atoms with Gasteiger partial charge < -0.3 is 30.4 Å². The van der Waals surface area contributed by atoms with Crippen molar-refractivity contribution in [1.82, 2.24) is 14.5 Å². The van der Waals surface area contributed by atoms with E-state index in [1.807, 2.05) is 0 Å². The summed E-state index contributed by atoms with van der Waals surface area (Å²) < 4.78 is 7.01. The maximum atomic E-state index is 9.98. The molecule has 1 saturated heterocycles. The zero-order valence-corrected chi connectivity index (χ0v) is 15.3. The fraction of sp³-hybridized carbons (Fsp3) is 0.538. The van der Waals surface area contributed by atoms with Gasteiger partial charge in [0.05, 0.1) is 12.0 Å². The molecule has 0 bridgehead atoms. The first kappa shape index (κ1) is 17.4. The number of ether oxygens (including phenoxy) is 1. The zero-order chi connectivity index (χ0) is 16.3. The number of anilines is 1. The number of rotatable bonds is 2. The molecule has 120 valence electrons. The maximum absolute atomic E-state index is 9.98. The third kappa shape index (κ3) is 3.20. The monoisotopic (exact) mass is 416 g/mol. The molecule has 9 heteroatoms. The Balaban J connectivity index is 0.000000545. The minimum absolute atomic E-state index is 0.230. The van der Waals surface area contributed by atoms with Gasteiger partial charge in [-0.15, -0.1) is 0 Å². The summed E-state index contributed by atoms with van der Waals surface area (Å²) in [5, 5.41) is 29.4. The van der Waals surface area contributed by atoms with Gasteiger partial charge in [0.15, 0.2) is 6.23 Å². The van der Waals surface area contributed by atoms with Crippen molar-refractivity contribution >= 4 is 38.0 Å². The summed E-state index contributed by atoms with van der Waals surface area (Å²) in [7, 11) is 0. The summed E-state index contributed by atoms with van der Waals surface area (Å²) in [6.45, 7) is -0.370. The average Bonchev–Trinajstić information content (AvgIpc) is 3.04.